The van der Waals surface area contributed by atoms with Crippen LogP contribution in [-0.4, -0.2) is 25.5 Å². The van der Waals surface area contributed by atoms with E-state index >= 15 is 0 Å². The zero-order valence-corrected chi connectivity index (χ0v) is 9.63. The van der Waals surface area contributed by atoms with Crippen LogP contribution in [0.3, 0.4) is 0 Å². The molecule has 2 N–H and O–H groups in total. The van der Waals surface area contributed by atoms with Gasteiger partial charge in [0.25, 0.3) is 0 Å². The molecule has 1 aromatic carbocycles. The smallest absolute Gasteiger partial charge is 0.145 e. The minimum atomic E-state index is 0.485. The standard InChI is InChI=1S/C11H14ClN3O/c12-15-7-9-3-1-2-4-10(9)16-8-11-13-5-6-14-11/h1-4,15H,5-8H2,(H,13,14). The van der Waals surface area contributed by atoms with Crippen LogP contribution in [0, 0.1) is 0 Å². The molecule has 86 valence electrons. The zero-order chi connectivity index (χ0) is 11.2. The highest BCUT2D eigenvalue weighted by atomic mass is 35.5. The van der Waals surface area contributed by atoms with Gasteiger partial charge in [0.2, 0.25) is 0 Å². The summed E-state index contributed by atoms with van der Waals surface area (Å²) in [5, 5.41) is 3.16. The molecule has 0 fully saturated rings. The maximum Gasteiger partial charge on any atom is 0.145 e. The molecule has 1 aliphatic heterocycles. The van der Waals surface area contributed by atoms with Gasteiger partial charge in [0.1, 0.15) is 18.2 Å². The van der Waals surface area contributed by atoms with Crippen LogP contribution in [0.1, 0.15) is 5.56 Å². The quantitative estimate of drug-likeness (QED) is 0.762. The Morgan fingerprint density at radius 1 is 1.44 bits per heavy atom. The fraction of sp³-hybridized carbons (Fsp3) is 0.364. The molecule has 5 heteroatoms. The third-order valence-corrected chi connectivity index (χ3v) is 2.47. The summed E-state index contributed by atoms with van der Waals surface area (Å²) in [6.07, 6.45) is 0. The number of hydrogen-bond donors (Lipinski definition) is 2. The maximum absolute atomic E-state index is 5.68. The normalized spacial score (nSPS) is 14.4. The molecule has 1 aromatic rings. The number of nitrogens with zero attached hydrogens (tertiary/aromatic N) is 1. The van der Waals surface area contributed by atoms with Crippen molar-refractivity contribution < 1.29 is 4.74 Å². The van der Waals surface area contributed by atoms with Crippen LogP contribution in [0.5, 0.6) is 5.75 Å². The van der Waals surface area contributed by atoms with Crippen LogP contribution in [-0.2, 0) is 6.54 Å². The van der Waals surface area contributed by atoms with Gasteiger partial charge in [0, 0.05) is 18.7 Å². The summed E-state index contributed by atoms with van der Waals surface area (Å²) in [5.41, 5.74) is 1.04. The van der Waals surface area contributed by atoms with Gasteiger partial charge in [0.05, 0.1) is 6.54 Å². The molecule has 0 saturated heterocycles. The molecule has 0 spiro atoms. The van der Waals surface area contributed by atoms with Crippen molar-refractivity contribution in [3.05, 3.63) is 29.8 Å². The summed E-state index contributed by atoms with van der Waals surface area (Å²) in [4.78, 5) is 6.86. The summed E-state index contributed by atoms with van der Waals surface area (Å²) in [6.45, 7) is 2.81. The lowest BCUT2D eigenvalue weighted by Gasteiger charge is -2.10. The molecule has 0 aliphatic carbocycles. The molecule has 0 aromatic heterocycles. The third-order valence-electron chi connectivity index (χ3n) is 2.34. The Hall–Kier alpha value is -1.26. The molecule has 16 heavy (non-hydrogen) atoms. The van der Waals surface area contributed by atoms with Crippen molar-refractivity contribution in [1.29, 1.82) is 0 Å². The highest BCUT2D eigenvalue weighted by Crippen LogP contribution is 2.17. The van der Waals surface area contributed by atoms with Crippen LogP contribution in [0.2, 0.25) is 0 Å². The van der Waals surface area contributed by atoms with Gasteiger partial charge in [-0.1, -0.05) is 18.2 Å². The molecule has 2 rings (SSSR count). The molecule has 1 aliphatic rings. The van der Waals surface area contributed by atoms with Crippen LogP contribution in [0.4, 0.5) is 0 Å². The minimum Gasteiger partial charge on any atom is -0.485 e. The van der Waals surface area contributed by atoms with Crippen LogP contribution < -0.4 is 14.9 Å². The van der Waals surface area contributed by atoms with Crippen molar-refractivity contribution in [2.24, 2.45) is 4.99 Å². The van der Waals surface area contributed by atoms with Gasteiger partial charge < -0.3 is 10.1 Å². The van der Waals surface area contributed by atoms with Crippen molar-refractivity contribution >= 4 is 17.6 Å². The second-order valence-electron chi connectivity index (χ2n) is 3.46. The molecule has 0 saturated carbocycles. The molecule has 0 atom stereocenters. The predicted molar refractivity (Wildman–Crippen MR) is 64.9 cm³/mol. The van der Waals surface area contributed by atoms with Gasteiger partial charge in [-0.15, -0.1) is 0 Å². The number of aliphatic imine (C=N–C) groups is 1. The van der Waals surface area contributed by atoms with Crippen LogP contribution in [0.15, 0.2) is 29.3 Å². The van der Waals surface area contributed by atoms with E-state index in [-0.39, 0.29) is 0 Å². The van der Waals surface area contributed by atoms with E-state index in [1.165, 1.54) is 0 Å². The van der Waals surface area contributed by atoms with Crippen LogP contribution >= 0.6 is 11.8 Å². The number of amidine groups is 1. The molecular formula is C11H14ClN3O. The summed E-state index contributed by atoms with van der Waals surface area (Å²) >= 11 is 5.49. The molecule has 0 amide bonds. The van der Waals surface area contributed by atoms with Gasteiger partial charge in [-0.05, 0) is 17.8 Å². The second kappa shape index (κ2) is 5.72. The number of nitrogens with one attached hydrogen (secondary N) is 2. The number of para-hydroxylation sites is 1. The van der Waals surface area contributed by atoms with Gasteiger partial charge in [-0.2, -0.15) is 0 Å². The maximum atomic E-state index is 5.68. The first kappa shape index (κ1) is 11.2. The number of rotatable bonds is 5. The number of benzene rings is 1. The first-order valence-corrected chi connectivity index (χ1v) is 5.59. The Morgan fingerprint density at radius 3 is 3.06 bits per heavy atom. The van der Waals surface area contributed by atoms with Crippen LogP contribution in [0.25, 0.3) is 0 Å². The van der Waals surface area contributed by atoms with E-state index < -0.39 is 0 Å². The number of ether oxygens (including phenoxy) is 1. The van der Waals surface area contributed by atoms with Crippen molar-refractivity contribution in [1.82, 2.24) is 10.2 Å². The van der Waals surface area contributed by atoms with E-state index in [4.69, 9.17) is 16.5 Å². The number of hydrogen-bond acceptors (Lipinski definition) is 4. The Kier molecular flexibility index (Phi) is 4.02. The SMILES string of the molecule is ClNCc1ccccc1OCC1=NCCN1. The van der Waals surface area contributed by atoms with Crippen molar-refractivity contribution in [3.63, 3.8) is 0 Å². The largest absolute Gasteiger partial charge is 0.485 e. The van der Waals surface area contributed by atoms with Crippen molar-refractivity contribution in [2.75, 3.05) is 19.7 Å². The molecule has 4 nitrogen and oxygen atoms in total. The lowest BCUT2D eigenvalue weighted by Crippen LogP contribution is -2.25. The Labute approximate surface area is 99.8 Å². The second-order valence-corrected chi connectivity index (χ2v) is 3.73. The molecule has 0 unspecified atom stereocenters. The average molecular weight is 240 g/mol. The Balaban J connectivity index is 1.97. The van der Waals surface area contributed by atoms with Gasteiger partial charge >= 0.3 is 0 Å². The van der Waals surface area contributed by atoms with Gasteiger partial charge in [-0.3, -0.25) is 4.99 Å². The van der Waals surface area contributed by atoms with E-state index in [9.17, 15) is 0 Å². The molecule has 0 bridgehead atoms. The fourth-order valence-electron chi connectivity index (χ4n) is 1.55. The monoisotopic (exact) mass is 239 g/mol. The van der Waals surface area contributed by atoms with E-state index in [0.717, 1.165) is 30.2 Å². The first-order valence-electron chi connectivity index (χ1n) is 5.21. The van der Waals surface area contributed by atoms with E-state index in [1.54, 1.807) is 0 Å². The average Bonchev–Trinajstić information content (AvgIpc) is 2.81. The summed E-state index contributed by atoms with van der Waals surface area (Å²) in [6, 6.07) is 7.81. The lowest BCUT2D eigenvalue weighted by molar-refractivity contribution is 0.369. The highest BCUT2D eigenvalue weighted by molar-refractivity contribution is 6.13. The number of halogens is 1. The third kappa shape index (κ3) is 2.87. The Bertz CT molecular complexity index is 381. The molecule has 1 heterocycles. The highest BCUT2D eigenvalue weighted by Gasteiger charge is 2.07. The topological polar surface area (TPSA) is 45.6 Å². The molecular weight excluding hydrogens is 226 g/mol. The fourth-order valence-corrected chi connectivity index (χ4v) is 1.70. The Morgan fingerprint density at radius 2 is 2.31 bits per heavy atom. The first-order chi connectivity index (χ1) is 7.90. The summed E-state index contributed by atoms with van der Waals surface area (Å²) in [7, 11) is 0. The summed E-state index contributed by atoms with van der Waals surface area (Å²) < 4.78 is 5.68. The van der Waals surface area contributed by atoms with Crippen molar-refractivity contribution in [3.8, 4) is 5.75 Å². The predicted octanol–water partition coefficient (Wildman–Crippen LogP) is 1.31. The van der Waals surface area contributed by atoms with E-state index in [0.29, 0.717) is 13.2 Å². The van der Waals surface area contributed by atoms with E-state index in [1.807, 2.05) is 24.3 Å². The zero-order valence-electron chi connectivity index (χ0n) is 8.87. The molecule has 0 radical (unpaired) electrons. The van der Waals surface area contributed by atoms with E-state index in [2.05, 4.69) is 15.1 Å². The lowest BCUT2D eigenvalue weighted by atomic mass is 10.2. The van der Waals surface area contributed by atoms with Gasteiger partial charge in [-0.25, -0.2) is 4.84 Å². The minimum absolute atomic E-state index is 0.485. The summed E-state index contributed by atoms with van der Waals surface area (Å²) in [5.74, 6) is 1.75. The van der Waals surface area contributed by atoms with Crippen molar-refractivity contribution in [2.45, 2.75) is 6.54 Å². The van der Waals surface area contributed by atoms with Gasteiger partial charge in [0.15, 0.2) is 0 Å².